The highest BCUT2D eigenvalue weighted by atomic mass is 16.6. The third-order valence-corrected chi connectivity index (χ3v) is 4.08. The number of nitro groups is 1. The van der Waals surface area contributed by atoms with Crippen LogP contribution in [0, 0.1) is 21.4 Å². The lowest BCUT2D eigenvalue weighted by Crippen LogP contribution is -2.31. The first kappa shape index (κ1) is 14.3. The van der Waals surface area contributed by atoms with Crippen molar-refractivity contribution in [2.24, 2.45) is 0 Å². The minimum atomic E-state index is -0.506. The minimum Gasteiger partial charge on any atom is -0.372 e. The van der Waals surface area contributed by atoms with Gasteiger partial charge >= 0.3 is 0 Å². The third-order valence-electron chi connectivity index (χ3n) is 4.08. The van der Waals surface area contributed by atoms with E-state index in [1.807, 2.05) is 13.1 Å². The number of rotatable bonds is 3. The molecule has 2 rings (SSSR count). The first-order chi connectivity index (χ1) is 9.63. The van der Waals surface area contributed by atoms with Crippen LogP contribution < -0.4 is 4.90 Å². The lowest BCUT2D eigenvalue weighted by atomic mass is 10.1. The highest BCUT2D eigenvalue weighted by Gasteiger charge is 2.20. The fourth-order valence-corrected chi connectivity index (χ4v) is 2.85. The molecule has 0 radical (unpaired) electrons. The fraction of sp³-hybridized carbons (Fsp3) is 0.533. The number of nitro benzene ring substituents is 1. The van der Waals surface area contributed by atoms with Crippen LogP contribution >= 0.6 is 0 Å². The van der Waals surface area contributed by atoms with E-state index in [4.69, 9.17) is 5.26 Å². The molecule has 0 spiro atoms. The Hall–Kier alpha value is -2.09. The predicted molar refractivity (Wildman–Crippen MR) is 77.7 cm³/mol. The molecular formula is C15H19N3O2. The largest absolute Gasteiger partial charge is 0.372 e. The summed E-state index contributed by atoms with van der Waals surface area (Å²) in [5.41, 5.74) is 0.900. The Morgan fingerprint density at radius 3 is 2.50 bits per heavy atom. The molecule has 0 atom stereocenters. The Morgan fingerprint density at radius 2 is 1.95 bits per heavy atom. The Kier molecular flexibility index (Phi) is 4.57. The van der Waals surface area contributed by atoms with E-state index >= 15 is 0 Å². The van der Waals surface area contributed by atoms with Gasteiger partial charge in [0.05, 0.1) is 4.92 Å². The lowest BCUT2D eigenvalue weighted by Gasteiger charge is -2.29. The van der Waals surface area contributed by atoms with Gasteiger partial charge in [0.25, 0.3) is 5.69 Å². The van der Waals surface area contributed by atoms with E-state index in [9.17, 15) is 10.1 Å². The van der Waals surface area contributed by atoms with Crippen LogP contribution in [0.4, 0.5) is 11.4 Å². The van der Waals surface area contributed by atoms with Gasteiger partial charge in [0.15, 0.2) is 0 Å². The average Bonchev–Trinajstić information content (AvgIpc) is 2.74. The van der Waals surface area contributed by atoms with E-state index in [-0.39, 0.29) is 11.3 Å². The Morgan fingerprint density at radius 1 is 1.30 bits per heavy atom. The molecule has 5 heteroatoms. The molecule has 0 amide bonds. The molecule has 1 aromatic rings. The lowest BCUT2D eigenvalue weighted by molar-refractivity contribution is -0.385. The van der Waals surface area contributed by atoms with Crippen LogP contribution in [-0.4, -0.2) is 18.0 Å². The molecule has 5 nitrogen and oxygen atoms in total. The van der Waals surface area contributed by atoms with Crippen LogP contribution in [0.15, 0.2) is 18.2 Å². The van der Waals surface area contributed by atoms with Crippen LogP contribution in [0.5, 0.6) is 0 Å². The quantitative estimate of drug-likeness (QED) is 0.479. The van der Waals surface area contributed by atoms with E-state index in [0.29, 0.717) is 6.04 Å². The molecule has 0 unspecified atom stereocenters. The van der Waals surface area contributed by atoms with Gasteiger partial charge in [-0.2, -0.15) is 5.26 Å². The normalized spacial score (nSPS) is 16.2. The number of nitrogens with zero attached hydrogens (tertiary/aromatic N) is 3. The van der Waals surface area contributed by atoms with Gasteiger partial charge in [-0.3, -0.25) is 10.1 Å². The van der Waals surface area contributed by atoms with Crippen molar-refractivity contribution in [1.82, 2.24) is 0 Å². The molecule has 20 heavy (non-hydrogen) atoms. The standard InChI is InChI=1S/C15H19N3O2/c1-17(13-6-4-2-3-5-7-13)14-8-9-15(18(19)20)12(10-14)11-16/h8-10,13H,2-7H2,1H3. The summed E-state index contributed by atoms with van der Waals surface area (Å²) in [6, 6.07) is 7.18. The molecule has 106 valence electrons. The topological polar surface area (TPSA) is 70.2 Å². The van der Waals surface area contributed by atoms with Crippen molar-refractivity contribution < 1.29 is 4.92 Å². The molecule has 0 saturated heterocycles. The summed E-state index contributed by atoms with van der Waals surface area (Å²) in [5.74, 6) is 0. The van der Waals surface area contributed by atoms with Crippen molar-refractivity contribution in [3.63, 3.8) is 0 Å². The smallest absolute Gasteiger partial charge is 0.287 e. The second kappa shape index (κ2) is 6.38. The van der Waals surface area contributed by atoms with E-state index in [1.54, 1.807) is 12.1 Å². The first-order valence-corrected chi connectivity index (χ1v) is 7.05. The van der Waals surface area contributed by atoms with Crippen molar-refractivity contribution in [2.45, 2.75) is 44.6 Å². The molecule has 0 aromatic heterocycles. The van der Waals surface area contributed by atoms with Crippen molar-refractivity contribution in [2.75, 3.05) is 11.9 Å². The summed E-state index contributed by atoms with van der Waals surface area (Å²) < 4.78 is 0. The van der Waals surface area contributed by atoms with Crippen LogP contribution in [0.25, 0.3) is 0 Å². The van der Waals surface area contributed by atoms with Crippen molar-refractivity contribution in [3.8, 4) is 6.07 Å². The molecule has 1 aliphatic carbocycles. The van der Waals surface area contributed by atoms with Gasteiger partial charge < -0.3 is 4.90 Å². The van der Waals surface area contributed by atoms with Gasteiger partial charge in [-0.15, -0.1) is 0 Å². The fourth-order valence-electron chi connectivity index (χ4n) is 2.85. The summed E-state index contributed by atoms with van der Waals surface area (Å²) in [5, 5.41) is 19.9. The van der Waals surface area contributed by atoms with Gasteiger partial charge in [0.1, 0.15) is 11.6 Å². The molecule has 0 aliphatic heterocycles. The van der Waals surface area contributed by atoms with Crippen LogP contribution in [0.1, 0.15) is 44.1 Å². The van der Waals surface area contributed by atoms with Crippen LogP contribution in [-0.2, 0) is 0 Å². The highest BCUT2D eigenvalue weighted by Crippen LogP contribution is 2.28. The first-order valence-electron chi connectivity index (χ1n) is 7.05. The maximum absolute atomic E-state index is 10.8. The van der Waals surface area contributed by atoms with Crippen molar-refractivity contribution >= 4 is 11.4 Å². The van der Waals surface area contributed by atoms with E-state index in [1.165, 1.54) is 31.7 Å². The number of hydrogen-bond donors (Lipinski definition) is 0. The molecular weight excluding hydrogens is 254 g/mol. The monoisotopic (exact) mass is 273 g/mol. The number of hydrogen-bond acceptors (Lipinski definition) is 4. The summed E-state index contributed by atoms with van der Waals surface area (Å²) in [7, 11) is 2.01. The second-order valence-corrected chi connectivity index (χ2v) is 5.33. The van der Waals surface area contributed by atoms with Crippen molar-refractivity contribution in [3.05, 3.63) is 33.9 Å². The Labute approximate surface area is 119 Å². The van der Waals surface area contributed by atoms with Crippen LogP contribution in [0.2, 0.25) is 0 Å². The summed E-state index contributed by atoms with van der Waals surface area (Å²) in [4.78, 5) is 12.5. The maximum Gasteiger partial charge on any atom is 0.287 e. The van der Waals surface area contributed by atoms with E-state index in [0.717, 1.165) is 18.5 Å². The molecule has 0 N–H and O–H groups in total. The predicted octanol–water partition coefficient (Wildman–Crippen LogP) is 3.63. The van der Waals surface area contributed by atoms with E-state index in [2.05, 4.69) is 4.90 Å². The van der Waals surface area contributed by atoms with E-state index < -0.39 is 4.92 Å². The molecule has 1 saturated carbocycles. The number of nitriles is 1. The maximum atomic E-state index is 10.8. The van der Waals surface area contributed by atoms with Crippen molar-refractivity contribution in [1.29, 1.82) is 5.26 Å². The van der Waals surface area contributed by atoms with Crippen LogP contribution in [0.3, 0.4) is 0 Å². The second-order valence-electron chi connectivity index (χ2n) is 5.33. The molecule has 0 heterocycles. The molecule has 0 bridgehead atoms. The highest BCUT2D eigenvalue weighted by molar-refractivity contribution is 5.60. The summed E-state index contributed by atoms with van der Waals surface area (Å²) in [6.45, 7) is 0. The summed E-state index contributed by atoms with van der Waals surface area (Å²) in [6.07, 6.45) is 7.33. The number of anilines is 1. The third kappa shape index (κ3) is 3.08. The Bertz CT molecular complexity index is 528. The molecule has 1 aliphatic rings. The molecule has 1 aromatic carbocycles. The summed E-state index contributed by atoms with van der Waals surface area (Å²) >= 11 is 0. The van der Waals surface area contributed by atoms with Gasteiger partial charge in [-0.1, -0.05) is 25.7 Å². The molecule has 1 fully saturated rings. The Balaban J connectivity index is 2.23. The van der Waals surface area contributed by atoms with Gasteiger partial charge in [-0.25, -0.2) is 0 Å². The number of benzene rings is 1. The van der Waals surface area contributed by atoms with Gasteiger partial charge in [-0.05, 0) is 25.0 Å². The average molecular weight is 273 g/mol. The minimum absolute atomic E-state index is 0.120. The SMILES string of the molecule is CN(c1ccc([N+](=O)[O-])c(C#N)c1)C1CCCCCC1. The van der Waals surface area contributed by atoms with Gasteiger partial charge in [0.2, 0.25) is 0 Å². The van der Waals surface area contributed by atoms with Gasteiger partial charge in [0, 0.05) is 24.8 Å². The zero-order valence-electron chi connectivity index (χ0n) is 11.7. The zero-order chi connectivity index (χ0) is 14.5. The zero-order valence-corrected chi connectivity index (χ0v) is 11.7.